The lowest BCUT2D eigenvalue weighted by Gasteiger charge is -2.40. The highest BCUT2D eigenvalue weighted by atomic mass is 16.7. The van der Waals surface area contributed by atoms with E-state index in [4.69, 9.17) is 9.47 Å². The first-order valence-corrected chi connectivity index (χ1v) is 24.4. The molecule has 1 fully saturated rings. The van der Waals surface area contributed by atoms with Crippen LogP contribution in [0.5, 0.6) is 0 Å². The summed E-state index contributed by atoms with van der Waals surface area (Å²) < 4.78 is 11.2. The fourth-order valence-corrected chi connectivity index (χ4v) is 7.06. The minimum atomic E-state index is -1.56. The number of nitrogens with one attached hydrogen (secondary N) is 1. The standard InChI is InChI=1S/C53H89NO8/c1-3-5-7-9-11-13-15-16-17-18-19-20-21-22-23-24-25-26-27-28-29-30-31-32-33-35-37-39-41-43-49(57)54-46(45-61-53-52(60)51(59)50(58)48(44-55)62-53)47(56)42-40-38-36-34-14-12-10-8-6-4-2/h5,7,11,13,16-17,19-20,22-23,25-26,28-29,31-32,46-48,50-53,55-56,58-60H,3-4,6,8-10,12,14-15,18,21,24,27,30,33-45H2,1-2H3,(H,54,57)/b7-5-,13-11-,17-16-,20-19-,23-22-,26-25-,29-28-,32-31-. The molecule has 7 unspecified atom stereocenters. The molecule has 1 aliphatic rings. The predicted molar refractivity (Wildman–Crippen MR) is 258 cm³/mol. The second kappa shape index (κ2) is 42.1. The van der Waals surface area contributed by atoms with Crippen molar-refractivity contribution in [2.45, 2.75) is 217 Å². The Morgan fingerprint density at radius 1 is 0.565 bits per heavy atom. The van der Waals surface area contributed by atoms with Crippen LogP contribution in [0, 0.1) is 0 Å². The van der Waals surface area contributed by atoms with E-state index in [1.807, 2.05) is 0 Å². The first-order valence-electron chi connectivity index (χ1n) is 24.4. The largest absolute Gasteiger partial charge is 0.394 e. The van der Waals surface area contributed by atoms with E-state index < -0.39 is 49.5 Å². The molecule has 62 heavy (non-hydrogen) atoms. The summed E-state index contributed by atoms with van der Waals surface area (Å²) in [5.74, 6) is -0.176. The first-order chi connectivity index (χ1) is 30.3. The summed E-state index contributed by atoms with van der Waals surface area (Å²) in [6.45, 7) is 3.66. The summed E-state index contributed by atoms with van der Waals surface area (Å²) >= 11 is 0. The third-order valence-corrected chi connectivity index (χ3v) is 11.0. The van der Waals surface area contributed by atoms with E-state index in [0.29, 0.717) is 12.8 Å². The Bertz CT molecular complexity index is 1280. The van der Waals surface area contributed by atoms with Crippen LogP contribution in [0.1, 0.15) is 174 Å². The molecule has 354 valence electrons. The lowest BCUT2D eigenvalue weighted by molar-refractivity contribution is -0.302. The molecule has 0 saturated carbocycles. The molecule has 0 bridgehead atoms. The number of aliphatic hydroxyl groups excluding tert-OH is 5. The van der Waals surface area contributed by atoms with E-state index >= 15 is 0 Å². The van der Waals surface area contributed by atoms with Gasteiger partial charge in [-0.1, -0.05) is 188 Å². The lowest BCUT2D eigenvalue weighted by Crippen LogP contribution is -2.60. The van der Waals surface area contributed by atoms with Gasteiger partial charge in [0, 0.05) is 6.42 Å². The maximum atomic E-state index is 13.0. The van der Waals surface area contributed by atoms with E-state index in [1.165, 1.54) is 44.9 Å². The van der Waals surface area contributed by atoms with Gasteiger partial charge in [0.05, 0.1) is 25.4 Å². The number of hydrogen-bond acceptors (Lipinski definition) is 8. The highest BCUT2D eigenvalue weighted by Gasteiger charge is 2.44. The fourth-order valence-electron chi connectivity index (χ4n) is 7.06. The summed E-state index contributed by atoms with van der Waals surface area (Å²) in [6.07, 6.45) is 52.8. The molecule has 1 heterocycles. The van der Waals surface area contributed by atoms with Crippen LogP contribution >= 0.6 is 0 Å². The van der Waals surface area contributed by atoms with E-state index in [2.05, 4.69) is 116 Å². The van der Waals surface area contributed by atoms with Crippen molar-refractivity contribution in [2.24, 2.45) is 0 Å². The molecule has 1 rings (SSSR count). The SMILES string of the molecule is CC/C=C\C/C=C\C/C=C\C/C=C\C/C=C\C/C=C\C/C=C\C/C=C\CCCCCCC(=O)NC(COC1OC(CO)C(O)C(O)C1O)C(O)CCCCCCCCCCCC. The Kier molecular flexibility index (Phi) is 38.8. The van der Waals surface area contributed by atoms with Crippen LogP contribution in [0.25, 0.3) is 0 Å². The fraction of sp³-hybridized carbons (Fsp3) is 0.679. The van der Waals surface area contributed by atoms with Gasteiger partial charge in [-0.05, 0) is 77.0 Å². The number of ether oxygens (including phenoxy) is 2. The van der Waals surface area contributed by atoms with Gasteiger partial charge in [-0.15, -0.1) is 0 Å². The number of carbonyl (C=O) groups is 1. The Hall–Kier alpha value is -2.89. The minimum absolute atomic E-state index is 0.155. The van der Waals surface area contributed by atoms with Gasteiger partial charge in [0.15, 0.2) is 6.29 Å². The third kappa shape index (κ3) is 31.9. The highest BCUT2D eigenvalue weighted by molar-refractivity contribution is 5.76. The van der Waals surface area contributed by atoms with Crippen LogP contribution in [-0.4, -0.2) is 87.5 Å². The second-order valence-electron chi connectivity index (χ2n) is 16.5. The van der Waals surface area contributed by atoms with Crippen LogP contribution in [0.3, 0.4) is 0 Å². The van der Waals surface area contributed by atoms with Crippen molar-refractivity contribution < 1.29 is 39.8 Å². The van der Waals surface area contributed by atoms with Crippen molar-refractivity contribution >= 4 is 5.91 Å². The van der Waals surface area contributed by atoms with Gasteiger partial charge in [0.2, 0.25) is 5.91 Å². The molecule has 0 aliphatic carbocycles. The van der Waals surface area contributed by atoms with Crippen LogP contribution in [-0.2, 0) is 14.3 Å². The number of amides is 1. The molecule has 1 amide bonds. The van der Waals surface area contributed by atoms with Crippen molar-refractivity contribution in [1.29, 1.82) is 0 Å². The zero-order valence-corrected chi connectivity index (χ0v) is 38.8. The average molecular weight is 868 g/mol. The Labute approximate surface area is 377 Å². The average Bonchev–Trinajstić information content (AvgIpc) is 3.27. The summed E-state index contributed by atoms with van der Waals surface area (Å²) in [5.41, 5.74) is 0. The number of allylic oxidation sites excluding steroid dienone is 16. The maximum absolute atomic E-state index is 13.0. The lowest BCUT2D eigenvalue weighted by atomic mass is 9.99. The van der Waals surface area contributed by atoms with Crippen molar-refractivity contribution in [2.75, 3.05) is 13.2 Å². The summed E-state index contributed by atoms with van der Waals surface area (Å²) in [5, 5.41) is 54.3. The highest BCUT2D eigenvalue weighted by Crippen LogP contribution is 2.23. The Morgan fingerprint density at radius 2 is 1.00 bits per heavy atom. The molecule has 0 aromatic rings. The van der Waals surface area contributed by atoms with Crippen molar-refractivity contribution in [3.05, 3.63) is 97.2 Å². The predicted octanol–water partition coefficient (Wildman–Crippen LogP) is 10.9. The Morgan fingerprint density at radius 3 is 1.48 bits per heavy atom. The summed E-state index contributed by atoms with van der Waals surface area (Å²) in [7, 11) is 0. The molecular formula is C53H89NO8. The molecule has 6 N–H and O–H groups in total. The molecule has 9 heteroatoms. The summed E-state index contributed by atoms with van der Waals surface area (Å²) in [6, 6.07) is -0.738. The van der Waals surface area contributed by atoms with Gasteiger partial charge in [-0.3, -0.25) is 4.79 Å². The normalized spacial score (nSPS) is 21.2. The van der Waals surface area contributed by atoms with Crippen LogP contribution in [0.4, 0.5) is 0 Å². The zero-order valence-electron chi connectivity index (χ0n) is 38.8. The van der Waals surface area contributed by atoms with Gasteiger partial charge >= 0.3 is 0 Å². The maximum Gasteiger partial charge on any atom is 0.220 e. The van der Waals surface area contributed by atoms with Crippen LogP contribution in [0.2, 0.25) is 0 Å². The first kappa shape index (κ1) is 57.1. The van der Waals surface area contributed by atoms with Crippen molar-refractivity contribution in [3.8, 4) is 0 Å². The Balaban J connectivity index is 2.26. The molecule has 0 aromatic carbocycles. The van der Waals surface area contributed by atoms with Gasteiger partial charge < -0.3 is 40.3 Å². The molecule has 0 aromatic heterocycles. The van der Waals surface area contributed by atoms with E-state index in [-0.39, 0.29) is 12.5 Å². The smallest absolute Gasteiger partial charge is 0.220 e. The molecule has 9 nitrogen and oxygen atoms in total. The quantitative estimate of drug-likeness (QED) is 0.0264. The summed E-state index contributed by atoms with van der Waals surface area (Å²) in [4.78, 5) is 13.0. The molecular weight excluding hydrogens is 779 g/mol. The van der Waals surface area contributed by atoms with Gasteiger partial charge in [0.25, 0.3) is 0 Å². The third-order valence-electron chi connectivity index (χ3n) is 11.0. The van der Waals surface area contributed by atoms with Gasteiger partial charge in [-0.25, -0.2) is 0 Å². The van der Waals surface area contributed by atoms with Gasteiger partial charge in [-0.2, -0.15) is 0 Å². The van der Waals surface area contributed by atoms with Crippen molar-refractivity contribution in [1.82, 2.24) is 5.32 Å². The zero-order chi connectivity index (χ0) is 45.1. The number of aliphatic hydroxyl groups is 5. The monoisotopic (exact) mass is 868 g/mol. The van der Waals surface area contributed by atoms with Crippen LogP contribution in [0.15, 0.2) is 97.2 Å². The van der Waals surface area contributed by atoms with Gasteiger partial charge in [0.1, 0.15) is 24.4 Å². The second-order valence-corrected chi connectivity index (χ2v) is 16.5. The molecule has 0 radical (unpaired) electrons. The number of rotatable bonds is 39. The molecule has 7 atom stereocenters. The van der Waals surface area contributed by atoms with E-state index in [9.17, 15) is 30.3 Å². The number of hydrogen-bond donors (Lipinski definition) is 6. The molecule has 1 saturated heterocycles. The van der Waals surface area contributed by atoms with E-state index in [1.54, 1.807) is 0 Å². The topological polar surface area (TPSA) is 149 Å². The number of carbonyl (C=O) groups excluding carboxylic acids is 1. The van der Waals surface area contributed by atoms with Crippen molar-refractivity contribution in [3.63, 3.8) is 0 Å². The molecule has 0 spiro atoms. The minimum Gasteiger partial charge on any atom is -0.394 e. The molecule has 1 aliphatic heterocycles. The number of unbranched alkanes of at least 4 members (excludes halogenated alkanes) is 13. The van der Waals surface area contributed by atoms with E-state index in [0.717, 1.165) is 103 Å². The van der Waals surface area contributed by atoms with Crippen LogP contribution < -0.4 is 5.32 Å².